The van der Waals surface area contributed by atoms with E-state index in [0.29, 0.717) is 11.5 Å². The van der Waals surface area contributed by atoms with E-state index in [1.165, 1.54) is 5.57 Å². The maximum absolute atomic E-state index is 6.01. The molecule has 0 aliphatic rings. The summed E-state index contributed by atoms with van der Waals surface area (Å²) < 4.78 is 0. The average Bonchev–Trinajstić information content (AvgIpc) is 2.25. The normalized spacial score (nSPS) is 14.7. The van der Waals surface area contributed by atoms with Gasteiger partial charge in [0.05, 0.1) is 5.70 Å². The standard InChI is InChI=1S/C12H21N3/c1-6-9(4)10(5)11(13)12(14-7-2)15-8-3/h7-8,14H,2,6,13H2,1,3-5H3/b10-9-,12-11+,15-8?. The van der Waals surface area contributed by atoms with E-state index in [1.807, 2.05) is 13.8 Å². The second-order valence-corrected chi connectivity index (χ2v) is 3.26. The first-order valence-corrected chi connectivity index (χ1v) is 5.11. The second-order valence-electron chi connectivity index (χ2n) is 3.26. The van der Waals surface area contributed by atoms with Crippen LogP contribution in [0.3, 0.4) is 0 Å². The van der Waals surface area contributed by atoms with Gasteiger partial charge in [0.25, 0.3) is 0 Å². The average molecular weight is 207 g/mol. The van der Waals surface area contributed by atoms with Gasteiger partial charge in [-0.2, -0.15) is 0 Å². The molecule has 0 rings (SSSR count). The first-order valence-electron chi connectivity index (χ1n) is 5.11. The fourth-order valence-corrected chi connectivity index (χ4v) is 1.08. The molecule has 0 bridgehead atoms. The lowest BCUT2D eigenvalue weighted by molar-refractivity contribution is 0.966. The minimum absolute atomic E-state index is 0.651. The van der Waals surface area contributed by atoms with Crippen molar-refractivity contribution in [3.05, 3.63) is 35.4 Å². The van der Waals surface area contributed by atoms with Gasteiger partial charge in [0.2, 0.25) is 0 Å². The Hall–Kier alpha value is -1.51. The number of rotatable bonds is 5. The quantitative estimate of drug-likeness (QED) is 0.538. The van der Waals surface area contributed by atoms with Crippen molar-refractivity contribution in [2.24, 2.45) is 10.7 Å². The van der Waals surface area contributed by atoms with Crippen molar-refractivity contribution in [3.8, 4) is 0 Å². The summed E-state index contributed by atoms with van der Waals surface area (Å²) >= 11 is 0. The van der Waals surface area contributed by atoms with E-state index in [4.69, 9.17) is 5.73 Å². The van der Waals surface area contributed by atoms with Crippen LogP contribution in [0.25, 0.3) is 0 Å². The zero-order valence-corrected chi connectivity index (χ0v) is 10.1. The van der Waals surface area contributed by atoms with Crippen LogP contribution in [0.5, 0.6) is 0 Å². The van der Waals surface area contributed by atoms with Crippen molar-refractivity contribution in [2.45, 2.75) is 34.1 Å². The molecular formula is C12H21N3. The lowest BCUT2D eigenvalue weighted by atomic mass is 10.1. The molecule has 0 aliphatic carbocycles. The van der Waals surface area contributed by atoms with Crippen molar-refractivity contribution < 1.29 is 0 Å². The molecule has 3 heteroatoms. The Bertz CT molecular complexity index is 309. The smallest absolute Gasteiger partial charge is 0.153 e. The summed E-state index contributed by atoms with van der Waals surface area (Å²) in [5.41, 5.74) is 9.02. The van der Waals surface area contributed by atoms with E-state index in [9.17, 15) is 0 Å². The van der Waals surface area contributed by atoms with Crippen molar-refractivity contribution in [1.82, 2.24) is 5.32 Å². The third-order valence-corrected chi connectivity index (χ3v) is 2.33. The van der Waals surface area contributed by atoms with Gasteiger partial charge in [0.1, 0.15) is 0 Å². The Kier molecular flexibility index (Phi) is 6.18. The molecule has 0 aromatic rings. The predicted molar refractivity (Wildman–Crippen MR) is 67.4 cm³/mol. The number of hydrogen-bond donors (Lipinski definition) is 2. The molecule has 0 unspecified atom stereocenters. The van der Waals surface area contributed by atoms with Gasteiger partial charge in [-0.05, 0) is 39.0 Å². The van der Waals surface area contributed by atoms with E-state index in [1.54, 1.807) is 12.4 Å². The van der Waals surface area contributed by atoms with Crippen LogP contribution < -0.4 is 11.1 Å². The highest BCUT2D eigenvalue weighted by atomic mass is 15.0. The molecule has 0 fully saturated rings. The van der Waals surface area contributed by atoms with Gasteiger partial charge in [-0.15, -0.1) is 0 Å². The molecule has 0 aromatic carbocycles. The summed E-state index contributed by atoms with van der Waals surface area (Å²) in [7, 11) is 0. The maximum atomic E-state index is 6.01. The van der Waals surface area contributed by atoms with Crippen LogP contribution in [0.4, 0.5) is 0 Å². The summed E-state index contributed by atoms with van der Waals surface area (Å²) in [4.78, 5) is 4.16. The fraction of sp³-hybridized carbons (Fsp3) is 0.417. The summed E-state index contributed by atoms with van der Waals surface area (Å²) in [6, 6.07) is 0. The highest BCUT2D eigenvalue weighted by Crippen LogP contribution is 2.15. The van der Waals surface area contributed by atoms with Crippen LogP contribution in [0.1, 0.15) is 34.1 Å². The Balaban J connectivity index is 5.25. The van der Waals surface area contributed by atoms with Crippen molar-refractivity contribution in [2.75, 3.05) is 0 Å². The molecule has 0 aromatic heterocycles. The molecule has 15 heavy (non-hydrogen) atoms. The molecule has 0 saturated carbocycles. The highest BCUT2D eigenvalue weighted by molar-refractivity contribution is 5.56. The van der Waals surface area contributed by atoms with E-state index < -0.39 is 0 Å². The summed E-state index contributed by atoms with van der Waals surface area (Å²) in [5, 5.41) is 2.93. The third kappa shape index (κ3) is 4.02. The lowest BCUT2D eigenvalue weighted by Crippen LogP contribution is -2.13. The molecular weight excluding hydrogens is 186 g/mol. The van der Waals surface area contributed by atoms with Gasteiger partial charge >= 0.3 is 0 Å². The number of nitrogens with one attached hydrogen (secondary N) is 1. The lowest BCUT2D eigenvalue weighted by Gasteiger charge is -2.10. The van der Waals surface area contributed by atoms with Crippen LogP contribution in [-0.2, 0) is 0 Å². The van der Waals surface area contributed by atoms with Crippen LogP contribution in [0.15, 0.2) is 40.4 Å². The summed E-state index contributed by atoms with van der Waals surface area (Å²) in [6.07, 6.45) is 4.26. The Labute approximate surface area is 92.5 Å². The third-order valence-electron chi connectivity index (χ3n) is 2.33. The van der Waals surface area contributed by atoms with E-state index >= 15 is 0 Å². The molecule has 3 nitrogen and oxygen atoms in total. The number of aliphatic imine (C=N–C) groups is 1. The fourth-order valence-electron chi connectivity index (χ4n) is 1.08. The molecule has 0 saturated heterocycles. The Morgan fingerprint density at radius 2 is 2.07 bits per heavy atom. The first kappa shape index (κ1) is 13.5. The number of allylic oxidation sites excluding steroid dienone is 2. The maximum Gasteiger partial charge on any atom is 0.153 e. The van der Waals surface area contributed by atoms with Crippen LogP contribution >= 0.6 is 0 Å². The molecule has 0 radical (unpaired) electrons. The summed E-state index contributed by atoms with van der Waals surface area (Å²) in [5.74, 6) is 0.651. The van der Waals surface area contributed by atoms with Crippen molar-refractivity contribution in [1.29, 1.82) is 0 Å². The SMILES string of the molecule is C=CN/C(N=CC)=C(N)/C(C)=C(/C)CC. The van der Waals surface area contributed by atoms with Crippen LogP contribution in [0.2, 0.25) is 0 Å². The highest BCUT2D eigenvalue weighted by Gasteiger charge is 2.04. The predicted octanol–water partition coefficient (Wildman–Crippen LogP) is 2.68. The largest absolute Gasteiger partial charge is 0.396 e. The molecule has 0 heterocycles. The zero-order chi connectivity index (χ0) is 11.8. The van der Waals surface area contributed by atoms with Gasteiger partial charge in [-0.1, -0.05) is 19.1 Å². The molecule has 0 amide bonds. The van der Waals surface area contributed by atoms with Gasteiger partial charge in [0.15, 0.2) is 5.82 Å². The van der Waals surface area contributed by atoms with Gasteiger partial charge in [-0.3, -0.25) is 0 Å². The number of nitrogens with zero attached hydrogens (tertiary/aromatic N) is 1. The second kappa shape index (κ2) is 6.87. The Morgan fingerprint density at radius 3 is 2.47 bits per heavy atom. The van der Waals surface area contributed by atoms with Gasteiger partial charge in [-0.25, -0.2) is 4.99 Å². The minimum Gasteiger partial charge on any atom is -0.396 e. The molecule has 0 aliphatic heterocycles. The molecule has 0 spiro atoms. The van der Waals surface area contributed by atoms with E-state index in [-0.39, 0.29) is 0 Å². The van der Waals surface area contributed by atoms with E-state index in [0.717, 1.165) is 12.0 Å². The molecule has 3 N–H and O–H groups in total. The minimum atomic E-state index is 0.651. The molecule has 84 valence electrons. The van der Waals surface area contributed by atoms with Gasteiger partial charge < -0.3 is 11.1 Å². The molecule has 0 atom stereocenters. The van der Waals surface area contributed by atoms with Crippen molar-refractivity contribution >= 4 is 6.21 Å². The number of hydrogen-bond acceptors (Lipinski definition) is 3. The van der Waals surface area contributed by atoms with Crippen LogP contribution in [-0.4, -0.2) is 6.21 Å². The Morgan fingerprint density at radius 1 is 1.47 bits per heavy atom. The first-order chi connectivity index (χ1) is 7.08. The monoisotopic (exact) mass is 207 g/mol. The van der Waals surface area contributed by atoms with Crippen molar-refractivity contribution in [3.63, 3.8) is 0 Å². The van der Waals surface area contributed by atoms with E-state index in [2.05, 4.69) is 30.7 Å². The number of nitrogens with two attached hydrogens (primary N) is 1. The van der Waals surface area contributed by atoms with Gasteiger partial charge in [0, 0.05) is 6.21 Å². The summed E-state index contributed by atoms with van der Waals surface area (Å²) in [6.45, 7) is 11.6. The topological polar surface area (TPSA) is 50.4 Å². The van der Waals surface area contributed by atoms with Crippen LogP contribution in [0, 0.1) is 0 Å². The zero-order valence-electron chi connectivity index (χ0n) is 10.1.